The van der Waals surface area contributed by atoms with Crippen molar-refractivity contribution in [1.82, 2.24) is 10.6 Å². The summed E-state index contributed by atoms with van der Waals surface area (Å²) < 4.78 is 15.7. The summed E-state index contributed by atoms with van der Waals surface area (Å²) in [7, 11) is 2.77. The van der Waals surface area contributed by atoms with E-state index in [1.165, 1.54) is 33.2 Å². The third-order valence-corrected chi connectivity index (χ3v) is 3.31. The van der Waals surface area contributed by atoms with Crippen molar-refractivity contribution in [3.05, 3.63) is 22.7 Å². The van der Waals surface area contributed by atoms with E-state index in [0.717, 1.165) is 6.42 Å². The van der Waals surface area contributed by atoms with Crippen LogP contribution >= 0.6 is 11.6 Å². The highest BCUT2D eigenvalue weighted by atomic mass is 35.5. The number of rotatable bonds is 7. The van der Waals surface area contributed by atoms with Gasteiger partial charge in [0.2, 0.25) is 0 Å². The lowest BCUT2D eigenvalue weighted by molar-refractivity contribution is -0.127. The molecule has 0 aliphatic carbocycles. The van der Waals surface area contributed by atoms with Crippen LogP contribution in [0.5, 0.6) is 11.5 Å². The van der Waals surface area contributed by atoms with Crippen molar-refractivity contribution in [2.75, 3.05) is 20.8 Å². The largest absolute Gasteiger partial charge is 0.493 e. The number of hydrogen-bond acceptors (Lipinski definition) is 6. The molecule has 0 aromatic heterocycles. The predicted molar refractivity (Wildman–Crippen MR) is 91.3 cm³/mol. The Labute approximate surface area is 150 Å². The van der Waals surface area contributed by atoms with Crippen LogP contribution in [-0.4, -0.2) is 44.8 Å². The van der Waals surface area contributed by atoms with Crippen molar-refractivity contribution in [2.24, 2.45) is 0 Å². The highest BCUT2D eigenvalue weighted by Gasteiger charge is 2.22. The minimum atomic E-state index is -1.18. The van der Waals surface area contributed by atoms with Gasteiger partial charge < -0.3 is 19.5 Å². The SMILES string of the molecule is CCCOc1c(Cl)cc(C(=O)O[C@H](C)C(=O)NC(=O)NC)cc1OC. The molecule has 1 rings (SSSR count). The number of carbonyl (C=O) groups excluding carboxylic acids is 3. The molecule has 0 unspecified atom stereocenters. The summed E-state index contributed by atoms with van der Waals surface area (Å²) in [6.07, 6.45) is -0.396. The molecule has 2 N–H and O–H groups in total. The number of urea groups is 1. The Bertz CT molecular complexity index is 650. The lowest BCUT2D eigenvalue weighted by atomic mass is 10.2. The second-order valence-electron chi connectivity index (χ2n) is 4.95. The number of hydrogen-bond donors (Lipinski definition) is 2. The number of esters is 1. The number of halogens is 1. The van der Waals surface area contributed by atoms with Gasteiger partial charge in [0.1, 0.15) is 0 Å². The van der Waals surface area contributed by atoms with E-state index in [2.05, 4.69) is 5.32 Å². The van der Waals surface area contributed by atoms with Crippen molar-refractivity contribution >= 4 is 29.5 Å². The van der Waals surface area contributed by atoms with Gasteiger partial charge in [-0.15, -0.1) is 0 Å². The summed E-state index contributed by atoms with van der Waals surface area (Å²) in [5.74, 6) is -0.946. The smallest absolute Gasteiger partial charge is 0.339 e. The molecule has 0 saturated carbocycles. The zero-order valence-electron chi connectivity index (χ0n) is 14.5. The van der Waals surface area contributed by atoms with Crippen LogP contribution in [0.4, 0.5) is 4.79 Å². The van der Waals surface area contributed by atoms with Crippen LogP contribution in [0.25, 0.3) is 0 Å². The average molecular weight is 373 g/mol. The predicted octanol–water partition coefficient (Wildman–Crippen LogP) is 2.14. The molecule has 0 spiro atoms. The lowest BCUT2D eigenvalue weighted by Crippen LogP contribution is -2.43. The van der Waals surface area contributed by atoms with Crippen LogP contribution < -0.4 is 20.1 Å². The van der Waals surface area contributed by atoms with E-state index >= 15 is 0 Å². The standard InChI is InChI=1S/C16H21ClN2O6/c1-5-6-24-13-11(17)7-10(8-12(13)23-4)15(21)25-9(2)14(20)19-16(22)18-3/h7-9H,5-6H2,1-4H3,(H2,18,19,20,22)/t9-/m1/s1. The van der Waals surface area contributed by atoms with E-state index < -0.39 is 24.0 Å². The molecule has 0 bridgehead atoms. The van der Waals surface area contributed by atoms with E-state index in [1.54, 1.807) is 0 Å². The minimum absolute atomic E-state index is 0.0882. The number of amides is 3. The van der Waals surface area contributed by atoms with Crippen LogP contribution in [-0.2, 0) is 9.53 Å². The van der Waals surface area contributed by atoms with Crippen LogP contribution in [0.15, 0.2) is 12.1 Å². The molecule has 1 atom stereocenters. The number of imide groups is 1. The van der Waals surface area contributed by atoms with Gasteiger partial charge in [-0.05, 0) is 25.5 Å². The van der Waals surface area contributed by atoms with Gasteiger partial charge in [-0.2, -0.15) is 0 Å². The zero-order chi connectivity index (χ0) is 19.0. The molecule has 3 amide bonds. The number of benzene rings is 1. The van der Waals surface area contributed by atoms with Gasteiger partial charge in [-0.1, -0.05) is 18.5 Å². The molecule has 138 valence electrons. The van der Waals surface area contributed by atoms with Crippen LogP contribution in [0.3, 0.4) is 0 Å². The minimum Gasteiger partial charge on any atom is -0.493 e. The molecule has 0 aliphatic rings. The number of ether oxygens (including phenoxy) is 3. The summed E-state index contributed by atoms with van der Waals surface area (Å²) in [4.78, 5) is 35.0. The lowest BCUT2D eigenvalue weighted by Gasteiger charge is -2.15. The third-order valence-electron chi connectivity index (χ3n) is 3.03. The Balaban J connectivity index is 2.89. The van der Waals surface area contributed by atoms with E-state index in [-0.39, 0.29) is 16.3 Å². The van der Waals surface area contributed by atoms with Gasteiger partial charge in [0.05, 0.1) is 24.3 Å². The van der Waals surface area contributed by atoms with Crippen LogP contribution in [0, 0.1) is 0 Å². The average Bonchev–Trinajstić information content (AvgIpc) is 2.59. The topological polar surface area (TPSA) is 103 Å². The molecule has 0 saturated heterocycles. The first-order valence-electron chi connectivity index (χ1n) is 7.57. The first-order valence-corrected chi connectivity index (χ1v) is 7.95. The molecular weight excluding hydrogens is 352 g/mol. The fourth-order valence-corrected chi connectivity index (χ4v) is 2.01. The van der Waals surface area contributed by atoms with E-state index in [4.69, 9.17) is 25.8 Å². The molecule has 8 nitrogen and oxygen atoms in total. The Morgan fingerprint density at radius 2 is 1.96 bits per heavy atom. The second-order valence-corrected chi connectivity index (χ2v) is 5.36. The highest BCUT2D eigenvalue weighted by Crippen LogP contribution is 2.36. The fraction of sp³-hybridized carbons (Fsp3) is 0.438. The van der Waals surface area contributed by atoms with Gasteiger partial charge in [0.25, 0.3) is 5.91 Å². The first kappa shape index (κ1) is 20.6. The molecule has 1 aromatic rings. The number of nitrogens with one attached hydrogen (secondary N) is 2. The normalized spacial score (nSPS) is 11.2. The quantitative estimate of drug-likeness (QED) is 0.711. The Kier molecular flexibility index (Phi) is 8.00. The molecule has 9 heteroatoms. The summed E-state index contributed by atoms with van der Waals surface area (Å²) in [5, 5.41) is 4.42. The van der Waals surface area contributed by atoms with E-state index in [9.17, 15) is 14.4 Å². The third kappa shape index (κ3) is 5.82. The van der Waals surface area contributed by atoms with Crippen molar-refractivity contribution < 1.29 is 28.6 Å². The molecular formula is C16H21ClN2O6. The maximum Gasteiger partial charge on any atom is 0.339 e. The summed E-state index contributed by atoms with van der Waals surface area (Å²) in [6, 6.07) is 2.07. The first-order chi connectivity index (χ1) is 11.8. The van der Waals surface area contributed by atoms with Gasteiger partial charge >= 0.3 is 12.0 Å². The summed E-state index contributed by atoms with van der Waals surface area (Å²) in [5.41, 5.74) is 0.0882. The highest BCUT2D eigenvalue weighted by molar-refractivity contribution is 6.32. The van der Waals surface area contributed by atoms with Gasteiger partial charge in [-0.25, -0.2) is 9.59 Å². The molecule has 0 aliphatic heterocycles. The Morgan fingerprint density at radius 3 is 2.52 bits per heavy atom. The molecule has 0 heterocycles. The van der Waals surface area contributed by atoms with Gasteiger partial charge in [0.15, 0.2) is 17.6 Å². The van der Waals surface area contributed by atoms with E-state index in [0.29, 0.717) is 12.4 Å². The molecule has 0 radical (unpaired) electrons. The maximum absolute atomic E-state index is 12.2. The maximum atomic E-state index is 12.2. The monoisotopic (exact) mass is 372 g/mol. The van der Waals surface area contributed by atoms with Crippen LogP contribution in [0.2, 0.25) is 5.02 Å². The van der Waals surface area contributed by atoms with Crippen molar-refractivity contribution in [1.29, 1.82) is 0 Å². The van der Waals surface area contributed by atoms with Crippen molar-refractivity contribution in [3.8, 4) is 11.5 Å². The van der Waals surface area contributed by atoms with Crippen LogP contribution in [0.1, 0.15) is 30.6 Å². The summed E-state index contributed by atoms with van der Waals surface area (Å²) >= 11 is 6.13. The fourth-order valence-electron chi connectivity index (χ4n) is 1.74. The summed E-state index contributed by atoms with van der Waals surface area (Å²) in [6.45, 7) is 3.72. The Morgan fingerprint density at radius 1 is 1.28 bits per heavy atom. The number of carbonyl (C=O) groups is 3. The molecule has 0 fully saturated rings. The second kappa shape index (κ2) is 9.73. The van der Waals surface area contributed by atoms with E-state index in [1.807, 2.05) is 12.2 Å². The zero-order valence-corrected chi connectivity index (χ0v) is 15.2. The van der Waals surface area contributed by atoms with Crippen molar-refractivity contribution in [3.63, 3.8) is 0 Å². The van der Waals surface area contributed by atoms with Gasteiger partial charge in [0, 0.05) is 7.05 Å². The van der Waals surface area contributed by atoms with Crippen molar-refractivity contribution in [2.45, 2.75) is 26.4 Å². The molecule has 25 heavy (non-hydrogen) atoms. The Hall–Kier alpha value is -2.48. The van der Waals surface area contributed by atoms with Gasteiger partial charge in [-0.3, -0.25) is 10.1 Å². The molecule has 1 aromatic carbocycles. The number of methoxy groups -OCH3 is 1.